The molecule has 0 fully saturated rings. The number of benzene rings is 2. The van der Waals surface area contributed by atoms with Crippen molar-refractivity contribution in [1.29, 1.82) is 0 Å². The number of carbonyl (C=O) groups excluding carboxylic acids is 3. The van der Waals surface area contributed by atoms with E-state index in [1.54, 1.807) is 37.3 Å². The van der Waals surface area contributed by atoms with E-state index in [0.717, 1.165) is 14.9 Å². The van der Waals surface area contributed by atoms with E-state index in [4.69, 9.17) is 0 Å². The second kappa shape index (κ2) is 6.20. The quantitative estimate of drug-likeness (QED) is 0.822. The lowest BCUT2D eigenvalue weighted by atomic mass is 10.1. The number of fused-ring (bicyclic) bond motifs is 1. The standard InChI is InChI=1S/C18H15BrN2O3/c1-10-9-12(19)7-8-15(10)20-16(22)11(2)21-17(23)13-5-3-4-6-14(13)18(21)24/h3-9,11H,1-2H3,(H,20,22)/t11-/m1/s1. The number of amides is 3. The molecule has 1 atom stereocenters. The number of carbonyl (C=O) groups is 3. The summed E-state index contributed by atoms with van der Waals surface area (Å²) in [5.41, 5.74) is 2.20. The van der Waals surface area contributed by atoms with E-state index in [1.807, 2.05) is 19.1 Å². The van der Waals surface area contributed by atoms with Gasteiger partial charge in [-0.25, -0.2) is 0 Å². The van der Waals surface area contributed by atoms with Crippen LogP contribution in [0.5, 0.6) is 0 Å². The van der Waals surface area contributed by atoms with Crippen molar-refractivity contribution in [3.05, 3.63) is 63.6 Å². The van der Waals surface area contributed by atoms with Gasteiger partial charge in [0.1, 0.15) is 6.04 Å². The Balaban J connectivity index is 1.82. The second-order valence-corrected chi connectivity index (χ2v) is 6.57. The van der Waals surface area contributed by atoms with Crippen molar-refractivity contribution in [2.45, 2.75) is 19.9 Å². The minimum Gasteiger partial charge on any atom is -0.324 e. The highest BCUT2D eigenvalue weighted by molar-refractivity contribution is 9.10. The van der Waals surface area contributed by atoms with Crippen LogP contribution in [0.3, 0.4) is 0 Å². The van der Waals surface area contributed by atoms with Crippen LogP contribution in [0.15, 0.2) is 46.9 Å². The molecular weight excluding hydrogens is 372 g/mol. The summed E-state index contributed by atoms with van der Waals surface area (Å²) in [6.45, 7) is 3.41. The molecular formula is C18H15BrN2O3. The molecule has 0 unspecified atom stereocenters. The highest BCUT2D eigenvalue weighted by atomic mass is 79.9. The Labute approximate surface area is 147 Å². The molecule has 6 heteroatoms. The first-order chi connectivity index (χ1) is 11.4. The molecule has 24 heavy (non-hydrogen) atoms. The van der Waals surface area contributed by atoms with Crippen molar-refractivity contribution < 1.29 is 14.4 Å². The van der Waals surface area contributed by atoms with E-state index in [9.17, 15) is 14.4 Å². The van der Waals surface area contributed by atoms with Gasteiger partial charge in [-0.2, -0.15) is 0 Å². The van der Waals surface area contributed by atoms with Gasteiger partial charge in [-0.1, -0.05) is 28.1 Å². The average Bonchev–Trinajstić information content (AvgIpc) is 2.81. The van der Waals surface area contributed by atoms with E-state index in [-0.39, 0.29) is 0 Å². The van der Waals surface area contributed by atoms with E-state index >= 15 is 0 Å². The second-order valence-electron chi connectivity index (χ2n) is 5.65. The Morgan fingerprint density at radius 2 is 1.67 bits per heavy atom. The molecule has 1 heterocycles. The maximum Gasteiger partial charge on any atom is 0.262 e. The lowest BCUT2D eigenvalue weighted by Gasteiger charge is -2.22. The number of rotatable bonds is 3. The summed E-state index contributed by atoms with van der Waals surface area (Å²) in [6.07, 6.45) is 0. The molecule has 2 aromatic carbocycles. The molecule has 0 aromatic heterocycles. The fourth-order valence-electron chi connectivity index (χ4n) is 2.68. The Bertz CT molecular complexity index is 828. The van der Waals surface area contributed by atoms with E-state index < -0.39 is 23.8 Å². The minimum atomic E-state index is -0.902. The van der Waals surface area contributed by atoms with Crippen molar-refractivity contribution in [2.75, 3.05) is 5.32 Å². The van der Waals surface area contributed by atoms with Crippen molar-refractivity contribution in [1.82, 2.24) is 4.90 Å². The number of anilines is 1. The maximum atomic E-state index is 12.5. The summed E-state index contributed by atoms with van der Waals surface area (Å²) in [5.74, 6) is -1.29. The van der Waals surface area contributed by atoms with Crippen LogP contribution in [0.25, 0.3) is 0 Å². The van der Waals surface area contributed by atoms with Gasteiger partial charge in [0.2, 0.25) is 5.91 Å². The number of aryl methyl sites for hydroxylation is 1. The van der Waals surface area contributed by atoms with Crippen LogP contribution < -0.4 is 5.32 Å². The molecule has 3 amide bonds. The van der Waals surface area contributed by atoms with E-state index in [0.29, 0.717) is 16.8 Å². The largest absolute Gasteiger partial charge is 0.324 e. The van der Waals surface area contributed by atoms with Gasteiger partial charge < -0.3 is 5.32 Å². The van der Waals surface area contributed by atoms with Crippen molar-refractivity contribution >= 4 is 39.3 Å². The van der Waals surface area contributed by atoms with Crippen LogP contribution in [0.4, 0.5) is 5.69 Å². The molecule has 0 spiro atoms. The molecule has 3 rings (SSSR count). The van der Waals surface area contributed by atoms with E-state index in [1.165, 1.54) is 0 Å². The summed E-state index contributed by atoms with van der Waals surface area (Å²) in [6, 6.07) is 11.1. The molecule has 1 N–H and O–H groups in total. The third-order valence-corrected chi connectivity index (χ3v) is 4.53. The van der Waals surface area contributed by atoms with Gasteiger partial charge in [-0.3, -0.25) is 19.3 Å². The number of halogens is 1. The lowest BCUT2D eigenvalue weighted by Crippen LogP contribution is -2.45. The zero-order valence-electron chi connectivity index (χ0n) is 13.2. The summed E-state index contributed by atoms with van der Waals surface area (Å²) in [5, 5.41) is 2.78. The first kappa shape index (κ1) is 16.4. The molecule has 5 nitrogen and oxygen atoms in total. The van der Waals surface area contributed by atoms with Gasteiger partial charge in [0.05, 0.1) is 11.1 Å². The average molecular weight is 387 g/mol. The molecule has 0 saturated heterocycles. The zero-order chi connectivity index (χ0) is 17.4. The molecule has 1 aliphatic heterocycles. The Hall–Kier alpha value is -2.47. The molecule has 0 saturated carbocycles. The molecule has 2 aromatic rings. The maximum absolute atomic E-state index is 12.5. The van der Waals surface area contributed by atoms with Crippen LogP contribution in [0.1, 0.15) is 33.2 Å². The normalized spacial score (nSPS) is 14.5. The Kier molecular flexibility index (Phi) is 4.24. The number of nitrogens with zero attached hydrogens (tertiary/aromatic N) is 1. The van der Waals surface area contributed by atoms with Gasteiger partial charge in [-0.15, -0.1) is 0 Å². The minimum absolute atomic E-state index is 0.335. The highest BCUT2D eigenvalue weighted by Crippen LogP contribution is 2.25. The van der Waals surface area contributed by atoms with Crippen LogP contribution in [-0.2, 0) is 4.79 Å². The van der Waals surface area contributed by atoms with Gasteiger partial charge in [0.25, 0.3) is 11.8 Å². The highest BCUT2D eigenvalue weighted by Gasteiger charge is 2.40. The van der Waals surface area contributed by atoms with Crippen LogP contribution in [0.2, 0.25) is 0 Å². The van der Waals surface area contributed by atoms with Gasteiger partial charge in [0.15, 0.2) is 0 Å². The fourth-order valence-corrected chi connectivity index (χ4v) is 3.16. The summed E-state index contributed by atoms with van der Waals surface area (Å²) < 4.78 is 0.909. The lowest BCUT2D eigenvalue weighted by molar-refractivity contribution is -0.119. The summed E-state index contributed by atoms with van der Waals surface area (Å²) in [4.78, 5) is 38.4. The fraction of sp³-hybridized carbons (Fsp3) is 0.167. The summed E-state index contributed by atoms with van der Waals surface area (Å²) >= 11 is 3.37. The molecule has 0 bridgehead atoms. The van der Waals surface area contributed by atoms with Crippen molar-refractivity contribution in [3.8, 4) is 0 Å². The Morgan fingerprint density at radius 3 is 2.21 bits per heavy atom. The number of hydrogen-bond donors (Lipinski definition) is 1. The van der Waals surface area contributed by atoms with E-state index in [2.05, 4.69) is 21.2 Å². The molecule has 0 radical (unpaired) electrons. The first-order valence-electron chi connectivity index (χ1n) is 7.44. The van der Waals surface area contributed by atoms with Crippen molar-refractivity contribution in [2.24, 2.45) is 0 Å². The third kappa shape index (κ3) is 2.73. The molecule has 122 valence electrons. The smallest absolute Gasteiger partial charge is 0.262 e. The number of imide groups is 1. The van der Waals surface area contributed by atoms with Gasteiger partial charge >= 0.3 is 0 Å². The Morgan fingerprint density at radius 1 is 1.08 bits per heavy atom. The number of nitrogens with one attached hydrogen (secondary N) is 1. The predicted octanol–water partition coefficient (Wildman–Crippen LogP) is 3.38. The molecule has 0 aliphatic carbocycles. The monoisotopic (exact) mass is 386 g/mol. The van der Waals surface area contributed by atoms with Crippen LogP contribution in [0, 0.1) is 6.92 Å². The van der Waals surface area contributed by atoms with Crippen LogP contribution >= 0.6 is 15.9 Å². The van der Waals surface area contributed by atoms with Gasteiger partial charge in [-0.05, 0) is 49.7 Å². The molecule has 1 aliphatic rings. The zero-order valence-corrected chi connectivity index (χ0v) is 14.8. The predicted molar refractivity (Wildman–Crippen MR) is 93.9 cm³/mol. The third-order valence-electron chi connectivity index (χ3n) is 4.04. The van der Waals surface area contributed by atoms with Crippen molar-refractivity contribution in [3.63, 3.8) is 0 Å². The van der Waals surface area contributed by atoms with Gasteiger partial charge in [0, 0.05) is 10.2 Å². The summed E-state index contributed by atoms with van der Waals surface area (Å²) in [7, 11) is 0. The topological polar surface area (TPSA) is 66.5 Å². The first-order valence-corrected chi connectivity index (χ1v) is 8.23. The van der Waals surface area contributed by atoms with Crippen LogP contribution in [-0.4, -0.2) is 28.7 Å². The number of hydrogen-bond acceptors (Lipinski definition) is 3. The SMILES string of the molecule is Cc1cc(Br)ccc1NC(=O)[C@@H](C)N1C(=O)c2ccccc2C1=O.